The number of nitrogen functional groups attached to an aromatic ring is 1. The summed E-state index contributed by atoms with van der Waals surface area (Å²) in [6.07, 6.45) is 2.96. The van der Waals surface area contributed by atoms with Crippen LogP contribution in [0, 0.1) is 0 Å². The number of carbonyl (C=O) groups is 1. The third-order valence-corrected chi connectivity index (χ3v) is 3.73. The summed E-state index contributed by atoms with van der Waals surface area (Å²) in [5.74, 6) is 0.00632. The van der Waals surface area contributed by atoms with Crippen LogP contribution in [0.4, 0.5) is 5.69 Å². The molecule has 5 heteroatoms. The second-order valence-corrected chi connectivity index (χ2v) is 5.24. The van der Waals surface area contributed by atoms with E-state index in [1.165, 1.54) is 0 Å². The van der Waals surface area contributed by atoms with Crippen molar-refractivity contribution in [3.63, 3.8) is 0 Å². The molecule has 0 aliphatic rings. The van der Waals surface area contributed by atoms with Gasteiger partial charge in [-0.3, -0.25) is 4.79 Å². The highest BCUT2D eigenvalue weighted by atomic mass is 32.1. The number of hydrogen-bond acceptors (Lipinski definition) is 4. The number of rotatable bonds is 5. The highest BCUT2D eigenvalue weighted by Crippen LogP contribution is 2.18. The maximum absolute atomic E-state index is 12.0. The molecular weight excluding hydrogens is 258 g/mol. The molecule has 0 fully saturated rings. The maximum atomic E-state index is 12.0. The first-order chi connectivity index (χ1) is 9.19. The molecule has 2 aromatic rings. The van der Waals surface area contributed by atoms with Crippen molar-refractivity contribution in [2.24, 2.45) is 0 Å². The molecule has 1 heterocycles. The van der Waals surface area contributed by atoms with E-state index in [4.69, 9.17) is 5.73 Å². The number of anilines is 1. The minimum atomic E-state index is 0.00119. The van der Waals surface area contributed by atoms with E-state index >= 15 is 0 Å². The van der Waals surface area contributed by atoms with Gasteiger partial charge in [0.15, 0.2) is 0 Å². The van der Waals surface area contributed by atoms with Crippen molar-refractivity contribution in [3.8, 4) is 0 Å². The van der Waals surface area contributed by atoms with Crippen molar-refractivity contribution in [1.29, 1.82) is 0 Å². The van der Waals surface area contributed by atoms with Crippen molar-refractivity contribution < 1.29 is 4.79 Å². The second kappa shape index (κ2) is 6.33. The van der Waals surface area contributed by atoms with E-state index in [0.29, 0.717) is 12.1 Å². The van der Waals surface area contributed by atoms with E-state index in [9.17, 15) is 4.79 Å². The molecule has 100 valence electrons. The van der Waals surface area contributed by atoms with Gasteiger partial charge in [-0.1, -0.05) is 19.1 Å². The number of nitrogens with one attached hydrogen (secondary N) is 1. The zero-order chi connectivity index (χ0) is 13.7. The molecule has 0 aliphatic heterocycles. The van der Waals surface area contributed by atoms with Gasteiger partial charge in [0, 0.05) is 17.3 Å². The molecule has 19 heavy (non-hydrogen) atoms. The molecule has 1 aromatic carbocycles. The smallest absolute Gasteiger partial charge is 0.224 e. The molecule has 0 saturated heterocycles. The number of amides is 1. The van der Waals surface area contributed by atoms with Gasteiger partial charge < -0.3 is 11.1 Å². The number of benzene rings is 1. The Hall–Kier alpha value is -1.88. The van der Waals surface area contributed by atoms with Crippen molar-refractivity contribution >= 4 is 22.9 Å². The lowest BCUT2D eigenvalue weighted by molar-refractivity contribution is -0.121. The Labute approximate surface area is 116 Å². The summed E-state index contributed by atoms with van der Waals surface area (Å²) in [4.78, 5) is 16.2. The zero-order valence-electron chi connectivity index (χ0n) is 10.8. The van der Waals surface area contributed by atoms with Gasteiger partial charge in [-0.25, -0.2) is 4.98 Å². The van der Waals surface area contributed by atoms with Crippen molar-refractivity contribution in [1.82, 2.24) is 10.3 Å². The Balaban J connectivity index is 1.95. The van der Waals surface area contributed by atoms with E-state index in [1.54, 1.807) is 29.7 Å². The van der Waals surface area contributed by atoms with Crippen molar-refractivity contribution in [2.45, 2.75) is 25.8 Å². The third kappa shape index (κ3) is 3.79. The summed E-state index contributed by atoms with van der Waals surface area (Å²) < 4.78 is 0. The van der Waals surface area contributed by atoms with Crippen LogP contribution in [-0.4, -0.2) is 10.9 Å². The van der Waals surface area contributed by atoms with Crippen LogP contribution >= 0.6 is 11.3 Å². The Morgan fingerprint density at radius 1 is 1.42 bits per heavy atom. The molecule has 1 unspecified atom stereocenters. The van der Waals surface area contributed by atoms with Gasteiger partial charge in [0.2, 0.25) is 5.91 Å². The van der Waals surface area contributed by atoms with Gasteiger partial charge in [-0.05, 0) is 24.1 Å². The van der Waals surface area contributed by atoms with Crippen LogP contribution in [0.15, 0.2) is 35.8 Å². The summed E-state index contributed by atoms with van der Waals surface area (Å²) in [5, 5.41) is 5.88. The summed E-state index contributed by atoms with van der Waals surface area (Å²) in [5.41, 5.74) is 7.28. The quantitative estimate of drug-likeness (QED) is 0.824. The highest BCUT2D eigenvalue weighted by Gasteiger charge is 2.14. The minimum absolute atomic E-state index is 0.00119. The molecule has 3 N–H and O–H groups in total. The molecule has 0 radical (unpaired) electrons. The lowest BCUT2D eigenvalue weighted by atomic mass is 10.1. The molecule has 1 aromatic heterocycles. The average Bonchev–Trinajstić information content (AvgIpc) is 2.92. The summed E-state index contributed by atoms with van der Waals surface area (Å²) in [7, 11) is 0. The lowest BCUT2D eigenvalue weighted by Crippen LogP contribution is -2.29. The molecule has 0 aliphatic carbocycles. The van der Waals surface area contributed by atoms with E-state index in [-0.39, 0.29) is 11.9 Å². The molecule has 0 saturated carbocycles. The van der Waals surface area contributed by atoms with Gasteiger partial charge in [0.1, 0.15) is 5.01 Å². The fourth-order valence-corrected chi connectivity index (χ4v) is 2.58. The fraction of sp³-hybridized carbons (Fsp3) is 0.286. The molecule has 2 rings (SSSR count). The maximum Gasteiger partial charge on any atom is 0.224 e. The number of aromatic nitrogens is 1. The second-order valence-electron chi connectivity index (χ2n) is 4.32. The first-order valence-corrected chi connectivity index (χ1v) is 7.10. The van der Waals surface area contributed by atoms with Crippen LogP contribution < -0.4 is 11.1 Å². The predicted octanol–water partition coefficient (Wildman–Crippen LogP) is 2.54. The Bertz CT molecular complexity index is 522. The van der Waals surface area contributed by atoms with E-state index in [1.807, 2.05) is 24.4 Å². The summed E-state index contributed by atoms with van der Waals surface area (Å²) in [6.45, 7) is 2.04. The van der Waals surface area contributed by atoms with E-state index in [0.717, 1.165) is 17.0 Å². The molecule has 0 bridgehead atoms. The standard InChI is InChI=1S/C14H17N3OS/c1-2-12(14-16-7-8-19-14)17-13(18)9-10-3-5-11(15)6-4-10/h3-8,12H,2,9,15H2,1H3,(H,17,18). The Kier molecular flexibility index (Phi) is 4.52. The van der Waals surface area contributed by atoms with Crippen molar-refractivity contribution in [3.05, 3.63) is 46.4 Å². The van der Waals surface area contributed by atoms with Crippen LogP contribution in [0.2, 0.25) is 0 Å². The number of thiazole rings is 1. The number of nitrogens with two attached hydrogens (primary N) is 1. The molecule has 1 amide bonds. The fourth-order valence-electron chi connectivity index (χ4n) is 1.81. The average molecular weight is 275 g/mol. The van der Waals surface area contributed by atoms with Gasteiger partial charge >= 0.3 is 0 Å². The Morgan fingerprint density at radius 2 is 2.16 bits per heavy atom. The van der Waals surface area contributed by atoms with E-state index < -0.39 is 0 Å². The van der Waals surface area contributed by atoms with E-state index in [2.05, 4.69) is 10.3 Å². The summed E-state index contributed by atoms with van der Waals surface area (Å²) >= 11 is 1.56. The first kappa shape index (κ1) is 13.5. The topological polar surface area (TPSA) is 68.0 Å². The normalized spacial score (nSPS) is 12.1. The zero-order valence-corrected chi connectivity index (χ0v) is 11.6. The highest BCUT2D eigenvalue weighted by molar-refractivity contribution is 7.09. The van der Waals surface area contributed by atoms with Crippen LogP contribution in [0.25, 0.3) is 0 Å². The minimum Gasteiger partial charge on any atom is -0.399 e. The lowest BCUT2D eigenvalue weighted by Gasteiger charge is -2.14. The van der Waals surface area contributed by atoms with Gasteiger partial charge in [0.05, 0.1) is 12.5 Å². The number of hydrogen-bond donors (Lipinski definition) is 2. The Morgan fingerprint density at radius 3 is 2.74 bits per heavy atom. The van der Waals surface area contributed by atoms with Crippen molar-refractivity contribution in [2.75, 3.05) is 5.73 Å². The van der Waals surface area contributed by atoms with Crippen LogP contribution in [0.5, 0.6) is 0 Å². The SMILES string of the molecule is CCC(NC(=O)Cc1ccc(N)cc1)c1nccs1. The number of carbonyl (C=O) groups excluding carboxylic acids is 1. The monoisotopic (exact) mass is 275 g/mol. The van der Waals surface area contributed by atoms with Crippen LogP contribution in [0.3, 0.4) is 0 Å². The molecular formula is C14H17N3OS. The largest absolute Gasteiger partial charge is 0.399 e. The van der Waals surface area contributed by atoms with Crippen LogP contribution in [-0.2, 0) is 11.2 Å². The third-order valence-electron chi connectivity index (χ3n) is 2.84. The molecule has 0 spiro atoms. The first-order valence-electron chi connectivity index (χ1n) is 6.22. The van der Waals surface area contributed by atoms with Gasteiger partial charge in [-0.2, -0.15) is 0 Å². The van der Waals surface area contributed by atoms with Gasteiger partial charge in [0.25, 0.3) is 0 Å². The number of nitrogens with zero attached hydrogens (tertiary/aromatic N) is 1. The predicted molar refractivity (Wildman–Crippen MR) is 77.8 cm³/mol. The molecule has 1 atom stereocenters. The molecule has 4 nitrogen and oxygen atoms in total. The van der Waals surface area contributed by atoms with Crippen LogP contribution in [0.1, 0.15) is 30.0 Å². The summed E-state index contributed by atoms with van der Waals surface area (Å²) in [6, 6.07) is 7.36. The van der Waals surface area contributed by atoms with Gasteiger partial charge in [-0.15, -0.1) is 11.3 Å².